The third-order valence-electron chi connectivity index (χ3n) is 1.81. The molecule has 0 saturated heterocycles. The molecule has 1 rings (SSSR count). The van der Waals surface area contributed by atoms with Crippen molar-refractivity contribution in [1.82, 2.24) is 4.98 Å². The number of alkyl halides is 3. The minimum atomic E-state index is -4.45. The number of nitrogens with zero attached hydrogens (tertiary/aromatic N) is 2. The van der Waals surface area contributed by atoms with E-state index in [9.17, 15) is 18.0 Å². The lowest BCUT2D eigenvalue weighted by molar-refractivity contribution is -0.141. The molecule has 0 bridgehead atoms. The average Bonchev–Trinajstić information content (AvgIpc) is 2.17. The number of rotatable bonds is 2. The van der Waals surface area contributed by atoms with E-state index in [-0.39, 0.29) is 0 Å². The van der Waals surface area contributed by atoms with Gasteiger partial charge in [-0.1, -0.05) is 6.07 Å². The van der Waals surface area contributed by atoms with Crippen LogP contribution in [-0.4, -0.2) is 11.1 Å². The number of aliphatic imine (C=N–C) groups is 1. The van der Waals surface area contributed by atoms with Crippen molar-refractivity contribution in [3.8, 4) is 0 Å². The summed E-state index contributed by atoms with van der Waals surface area (Å²) in [5.41, 5.74) is -0.528. The fourth-order valence-electron chi connectivity index (χ4n) is 0.974. The Bertz CT molecular complexity index is 379. The summed E-state index contributed by atoms with van der Waals surface area (Å²) in [7, 11) is 0. The fraction of sp³-hybridized carbons (Fsp3) is 0.333. The van der Waals surface area contributed by atoms with Crippen molar-refractivity contribution in [1.29, 1.82) is 0 Å². The molecule has 0 spiro atoms. The molecule has 0 aromatic carbocycles. The summed E-state index contributed by atoms with van der Waals surface area (Å²) in [6.45, 7) is 1.56. The Balaban J connectivity index is 2.95. The van der Waals surface area contributed by atoms with Crippen LogP contribution >= 0.6 is 0 Å². The van der Waals surface area contributed by atoms with Gasteiger partial charge in [0.05, 0.1) is 6.04 Å². The predicted octanol–water partition coefficient (Wildman–Crippen LogP) is 2.50. The molecule has 0 aliphatic rings. The molecule has 0 N–H and O–H groups in total. The summed E-state index contributed by atoms with van der Waals surface area (Å²) in [6.07, 6.45) is -2.06. The van der Waals surface area contributed by atoms with E-state index >= 15 is 0 Å². The van der Waals surface area contributed by atoms with Crippen molar-refractivity contribution in [2.24, 2.45) is 4.99 Å². The quantitative estimate of drug-likeness (QED) is 0.563. The van der Waals surface area contributed by atoms with E-state index in [0.717, 1.165) is 12.3 Å². The zero-order valence-electron chi connectivity index (χ0n) is 7.75. The maximum atomic E-state index is 12.1. The van der Waals surface area contributed by atoms with Crippen LogP contribution in [0.4, 0.5) is 13.2 Å². The maximum Gasteiger partial charge on any atom is 0.433 e. The second-order valence-corrected chi connectivity index (χ2v) is 2.87. The number of isocyanates is 1. The van der Waals surface area contributed by atoms with E-state index in [0.29, 0.717) is 5.56 Å². The first kappa shape index (κ1) is 11.4. The SMILES string of the molecule is C[C@@H](N=C=O)c1ccc(C(F)(F)F)nc1. The highest BCUT2D eigenvalue weighted by Crippen LogP contribution is 2.28. The molecule has 15 heavy (non-hydrogen) atoms. The number of halogens is 3. The molecule has 3 nitrogen and oxygen atoms in total. The molecule has 1 heterocycles. The largest absolute Gasteiger partial charge is 0.433 e. The van der Waals surface area contributed by atoms with Gasteiger partial charge < -0.3 is 0 Å². The summed E-state index contributed by atoms with van der Waals surface area (Å²) in [6, 6.07) is 1.56. The standard InChI is InChI=1S/C9H7F3N2O/c1-6(14-5-15)7-2-3-8(13-4-7)9(10,11)12/h2-4,6H,1H3/t6-/m1/s1. The van der Waals surface area contributed by atoms with Gasteiger partial charge in [0.25, 0.3) is 0 Å². The highest BCUT2D eigenvalue weighted by molar-refractivity contribution is 5.35. The zero-order chi connectivity index (χ0) is 11.5. The smallest absolute Gasteiger partial charge is 0.251 e. The van der Waals surface area contributed by atoms with E-state index < -0.39 is 17.9 Å². The number of hydrogen-bond acceptors (Lipinski definition) is 3. The minimum absolute atomic E-state index is 0.436. The van der Waals surface area contributed by atoms with Crippen LogP contribution in [0.15, 0.2) is 23.3 Å². The van der Waals surface area contributed by atoms with Gasteiger partial charge in [-0.3, -0.25) is 4.98 Å². The van der Waals surface area contributed by atoms with Crippen molar-refractivity contribution in [2.45, 2.75) is 19.1 Å². The van der Waals surface area contributed by atoms with Crippen LogP contribution in [0.2, 0.25) is 0 Å². The van der Waals surface area contributed by atoms with E-state index in [2.05, 4.69) is 9.98 Å². The van der Waals surface area contributed by atoms with Crippen LogP contribution < -0.4 is 0 Å². The highest BCUT2D eigenvalue weighted by atomic mass is 19.4. The van der Waals surface area contributed by atoms with Crippen LogP contribution in [0.5, 0.6) is 0 Å². The van der Waals surface area contributed by atoms with E-state index in [1.54, 1.807) is 6.92 Å². The molecule has 0 aliphatic carbocycles. The molecular formula is C9H7F3N2O. The first-order valence-electron chi connectivity index (χ1n) is 4.05. The molecule has 1 aromatic heterocycles. The average molecular weight is 216 g/mol. The molecule has 80 valence electrons. The second-order valence-electron chi connectivity index (χ2n) is 2.87. The summed E-state index contributed by atoms with van der Waals surface area (Å²) in [5, 5.41) is 0. The minimum Gasteiger partial charge on any atom is -0.251 e. The lowest BCUT2D eigenvalue weighted by Crippen LogP contribution is -2.07. The summed E-state index contributed by atoms with van der Waals surface area (Å²) in [4.78, 5) is 16.5. The fourth-order valence-corrected chi connectivity index (χ4v) is 0.974. The van der Waals surface area contributed by atoms with Gasteiger partial charge in [-0.05, 0) is 18.6 Å². The first-order valence-corrected chi connectivity index (χ1v) is 4.05. The van der Waals surface area contributed by atoms with Gasteiger partial charge >= 0.3 is 6.18 Å². The van der Waals surface area contributed by atoms with Gasteiger partial charge in [0.2, 0.25) is 6.08 Å². The Morgan fingerprint density at radius 1 is 1.47 bits per heavy atom. The molecule has 0 fully saturated rings. The molecule has 6 heteroatoms. The lowest BCUT2D eigenvalue weighted by Gasteiger charge is -2.07. The molecule has 1 aromatic rings. The van der Waals surface area contributed by atoms with Crippen molar-refractivity contribution < 1.29 is 18.0 Å². The molecule has 1 atom stereocenters. The third-order valence-corrected chi connectivity index (χ3v) is 1.81. The van der Waals surface area contributed by atoms with Gasteiger partial charge in [0, 0.05) is 6.20 Å². The first-order chi connectivity index (χ1) is 6.95. The predicted molar refractivity (Wildman–Crippen MR) is 45.8 cm³/mol. The number of pyridine rings is 1. The van der Waals surface area contributed by atoms with Gasteiger partial charge in [-0.2, -0.15) is 18.2 Å². The molecule has 0 amide bonds. The van der Waals surface area contributed by atoms with E-state index in [1.807, 2.05) is 0 Å². The van der Waals surface area contributed by atoms with Crippen molar-refractivity contribution in [2.75, 3.05) is 0 Å². The summed E-state index contributed by atoms with van der Waals surface area (Å²) in [5.74, 6) is 0. The Kier molecular flexibility index (Phi) is 3.21. The third kappa shape index (κ3) is 2.89. The van der Waals surface area contributed by atoms with Crippen LogP contribution in [-0.2, 0) is 11.0 Å². The normalized spacial score (nSPS) is 13.1. The Hall–Kier alpha value is -1.68. The summed E-state index contributed by atoms with van der Waals surface area (Å²) >= 11 is 0. The molecule has 0 radical (unpaired) electrons. The van der Waals surface area contributed by atoms with Crippen LogP contribution in [0.1, 0.15) is 24.2 Å². The van der Waals surface area contributed by atoms with Gasteiger partial charge in [0.1, 0.15) is 5.69 Å². The molecule has 0 aliphatic heterocycles. The van der Waals surface area contributed by atoms with Gasteiger partial charge in [-0.15, -0.1) is 0 Å². The topological polar surface area (TPSA) is 42.3 Å². The molecular weight excluding hydrogens is 209 g/mol. The Morgan fingerprint density at radius 3 is 2.53 bits per heavy atom. The van der Waals surface area contributed by atoms with Crippen LogP contribution in [0, 0.1) is 0 Å². The lowest BCUT2D eigenvalue weighted by atomic mass is 10.1. The molecule has 0 saturated carbocycles. The number of aromatic nitrogens is 1. The summed E-state index contributed by atoms with van der Waals surface area (Å²) < 4.78 is 36.4. The van der Waals surface area contributed by atoms with Crippen molar-refractivity contribution in [3.63, 3.8) is 0 Å². The molecule has 0 unspecified atom stereocenters. The van der Waals surface area contributed by atoms with Gasteiger partial charge in [0.15, 0.2) is 0 Å². The zero-order valence-corrected chi connectivity index (χ0v) is 7.75. The van der Waals surface area contributed by atoms with Crippen LogP contribution in [0.25, 0.3) is 0 Å². The van der Waals surface area contributed by atoms with Gasteiger partial charge in [-0.25, -0.2) is 4.79 Å². The van der Waals surface area contributed by atoms with E-state index in [1.165, 1.54) is 12.1 Å². The highest BCUT2D eigenvalue weighted by Gasteiger charge is 2.32. The van der Waals surface area contributed by atoms with Crippen LogP contribution in [0.3, 0.4) is 0 Å². The van der Waals surface area contributed by atoms with E-state index in [4.69, 9.17) is 0 Å². The monoisotopic (exact) mass is 216 g/mol. The number of carbonyl (C=O) groups excluding carboxylic acids is 1. The number of hydrogen-bond donors (Lipinski definition) is 0. The van der Waals surface area contributed by atoms with Crippen molar-refractivity contribution in [3.05, 3.63) is 29.6 Å². The van der Waals surface area contributed by atoms with Crippen molar-refractivity contribution >= 4 is 6.08 Å². The Morgan fingerprint density at radius 2 is 2.13 bits per heavy atom. The second kappa shape index (κ2) is 4.23. The maximum absolute atomic E-state index is 12.1. The Labute approximate surface area is 83.7 Å².